The fourth-order valence-electron chi connectivity index (χ4n) is 3.31. The van der Waals surface area contributed by atoms with Gasteiger partial charge < -0.3 is 20.5 Å². The van der Waals surface area contributed by atoms with Crippen LogP contribution in [0.1, 0.15) is 18.0 Å². The van der Waals surface area contributed by atoms with Crippen molar-refractivity contribution < 1.29 is 14.6 Å². The van der Waals surface area contributed by atoms with Gasteiger partial charge in [0.25, 0.3) is 0 Å². The van der Waals surface area contributed by atoms with Gasteiger partial charge in [-0.1, -0.05) is 29.8 Å². The van der Waals surface area contributed by atoms with Gasteiger partial charge in [0, 0.05) is 31.2 Å². The van der Waals surface area contributed by atoms with Crippen LogP contribution in [-0.4, -0.2) is 67.5 Å². The number of carbonyl (C=O) groups excluding carboxylic acids is 1. The lowest BCUT2D eigenvalue weighted by Gasteiger charge is -2.35. The summed E-state index contributed by atoms with van der Waals surface area (Å²) in [7, 11) is 0. The number of hydrogen-bond donors (Lipinski definition) is 3. The van der Waals surface area contributed by atoms with Crippen molar-refractivity contribution in [2.45, 2.75) is 24.6 Å². The molecular formula is C17H24ClN3O3. The number of amides is 1. The number of hydrogen-bond acceptors (Lipinski definition) is 5. The second kappa shape index (κ2) is 8.27. The maximum atomic E-state index is 12.3. The Balaban J connectivity index is 1.68. The van der Waals surface area contributed by atoms with Gasteiger partial charge >= 0.3 is 0 Å². The van der Waals surface area contributed by atoms with Crippen LogP contribution in [0.25, 0.3) is 0 Å². The molecule has 2 fully saturated rings. The molecule has 2 aliphatic rings. The van der Waals surface area contributed by atoms with E-state index in [4.69, 9.17) is 16.3 Å². The molecule has 2 aliphatic heterocycles. The number of aliphatic hydroxyl groups excluding tert-OH is 1. The molecule has 0 aliphatic carbocycles. The van der Waals surface area contributed by atoms with E-state index in [1.807, 2.05) is 24.3 Å². The van der Waals surface area contributed by atoms with Crippen LogP contribution >= 0.6 is 11.6 Å². The molecule has 2 saturated heterocycles. The molecule has 0 spiro atoms. The van der Waals surface area contributed by atoms with Crippen molar-refractivity contribution in [3.8, 4) is 0 Å². The van der Waals surface area contributed by atoms with Crippen molar-refractivity contribution in [1.29, 1.82) is 0 Å². The zero-order valence-electron chi connectivity index (χ0n) is 13.6. The molecule has 0 saturated carbocycles. The van der Waals surface area contributed by atoms with Crippen molar-refractivity contribution in [1.82, 2.24) is 15.5 Å². The second-order valence-corrected chi connectivity index (χ2v) is 6.69. The Morgan fingerprint density at radius 1 is 1.42 bits per heavy atom. The summed E-state index contributed by atoms with van der Waals surface area (Å²) in [6.07, 6.45) is 0.0134. The van der Waals surface area contributed by atoms with Gasteiger partial charge in [-0.2, -0.15) is 0 Å². The average molecular weight is 354 g/mol. The van der Waals surface area contributed by atoms with Crippen LogP contribution in [0, 0.1) is 0 Å². The lowest BCUT2D eigenvalue weighted by Crippen LogP contribution is -2.47. The van der Waals surface area contributed by atoms with Crippen LogP contribution in [0.2, 0.25) is 5.02 Å². The number of benzene rings is 1. The number of nitrogens with zero attached hydrogens (tertiary/aromatic N) is 1. The molecule has 0 aromatic heterocycles. The minimum atomic E-state index is -0.445. The molecule has 3 N–H and O–H groups in total. The summed E-state index contributed by atoms with van der Waals surface area (Å²) in [5, 5.41) is 16.3. The van der Waals surface area contributed by atoms with Crippen molar-refractivity contribution in [3.63, 3.8) is 0 Å². The smallest absolute Gasteiger partial charge is 0.237 e. The normalized spacial score (nSPS) is 26.2. The van der Waals surface area contributed by atoms with E-state index in [-0.39, 0.29) is 18.0 Å². The molecule has 7 heteroatoms. The number of aliphatic hydroxyl groups is 1. The van der Waals surface area contributed by atoms with Gasteiger partial charge in [-0.25, -0.2) is 0 Å². The fourth-order valence-corrected chi connectivity index (χ4v) is 3.57. The highest BCUT2D eigenvalue weighted by molar-refractivity contribution is 6.31. The van der Waals surface area contributed by atoms with Gasteiger partial charge in [0.15, 0.2) is 0 Å². The first-order valence-corrected chi connectivity index (χ1v) is 8.78. The molecule has 1 aromatic rings. The molecule has 24 heavy (non-hydrogen) atoms. The minimum absolute atomic E-state index is 0.0119. The first kappa shape index (κ1) is 17.6. The number of rotatable bonds is 5. The maximum Gasteiger partial charge on any atom is 0.237 e. The van der Waals surface area contributed by atoms with Gasteiger partial charge in [-0.3, -0.25) is 9.69 Å². The van der Waals surface area contributed by atoms with Crippen LogP contribution in [-0.2, 0) is 9.53 Å². The van der Waals surface area contributed by atoms with E-state index in [1.165, 1.54) is 0 Å². The molecule has 0 unspecified atom stereocenters. The number of carbonyl (C=O) groups is 1. The fraction of sp³-hybridized carbons (Fsp3) is 0.588. The quantitative estimate of drug-likeness (QED) is 0.721. The molecule has 1 aromatic carbocycles. The Morgan fingerprint density at radius 2 is 2.17 bits per heavy atom. The Labute approximate surface area is 147 Å². The van der Waals surface area contributed by atoms with E-state index in [2.05, 4.69) is 15.5 Å². The number of halogens is 1. The summed E-state index contributed by atoms with van der Waals surface area (Å²) in [6.45, 7) is 3.95. The van der Waals surface area contributed by atoms with E-state index < -0.39 is 6.10 Å². The summed E-state index contributed by atoms with van der Waals surface area (Å²) >= 11 is 6.38. The van der Waals surface area contributed by atoms with E-state index in [0.717, 1.165) is 18.7 Å². The van der Waals surface area contributed by atoms with Crippen LogP contribution in [0.15, 0.2) is 24.3 Å². The van der Waals surface area contributed by atoms with Gasteiger partial charge in [0.2, 0.25) is 5.91 Å². The van der Waals surface area contributed by atoms with Crippen molar-refractivity contribution in [2.24, 2.45) is 0 Å². The molecular weight excluding hydrogens is 330 g/mol. The minimum Gasteiger partial charge on any atom is -0.392 e. The summed E-state index contributed by atoms with van der Waals surface area (Å²) in [5.41, 5.74) is 1.01. The molecule has 6 nitrogen and oxygen atoms in total. The maximum absolute atomic E-state index is 12.3. The lowest BCUT2D eigenvalue weighted by molar-refractivity contribution is -0.123. The molecule has 2 heterocycles. The Bertz CT molecular complexity index is 566. The predicted molar refractivity (Wildman–Crippen MR) is 92.0 cm³/mol. The highest BCUT2D eigenvalue weighted by Gasteiger charge is 2.30. The molecule has 132 valence electrons. The van der Waals surface area contributed by atoms with E-state index in [9.17, 15) is 9.90 Å². The van der Waals surface area contributed by atoms with Crippen LogP contribution in [0.5, 0.6) is 0 Å². The highest BCUT2D eigenvalue weighted by Crippen LogP contribution is 2.27. The van der Waals surface area contributed by atoms with Gasteiger partial charge in [-0.05, 0) is 18.1 Å². The molecule has 3 rings (SSSR count). The van der Waals surface area contributed by atoms with Crippen LogP contribution in [0.4, 0.5) is 0 Å². The Hall–Kier alpha value is -1.18. The zero-order chi connectivity index (χ0) is 16.9. The van der Waals surface area contributed by atoms with Crippen molar-refractivity contribution in [2.75, 3.05) is 39.4 Å². The molecule has 0 radical (unpaired) electrons. The third kappa shape index (κ3) is 4.26. The summed E-state index contributed by atoms with van der Waals surface area (Å²) < 4.78 is 5.43. The van der Waals surface area contributed by atoms with Gasteiger partial charge in [0.05, 0.1) is 31.4 Å². The molecule has 1 amide bonds. The highest BCUT2D eigenvalue weighted by atomic mass is 35.5. The zero-order valence-corrected chi connectivity index (χ0v) is 14.3. The Kier molecular flexibility index (Phi) is 6.08. The topological polar surface area (TPSA) is 73.8 Å². The first-order valence-electron chi connectivity index (χ1n) is 8.40. The van der Waals surface area contributed by atoms with Crippen LogP contribution in [0.3, 0.4) is 0 Å². The average Bonchev–Trinajstić information content (AvgIpc) is 3.04. The monoisotopic (exact) mass is 353 g/mol. The SMILES string of the molecule is O=C(NC[C@H](c1ccccc1Cl)N1CCOCC1)[C@H]1C[C@H](O)CN1. The summed E-state index contributed by atoms with van der Waals surface area (Å²) in [5.74, 6) is -0.0723. The van der Waals surface area contributed by atoms with Gasteiger partial charge in [-0.15, -0.1) is 0 Å². The van der Waals surface area contributed by atoms with Crippen molar-refractivity contribution >= 4 is 17.5 Å². The van der Waals surface area contributed by atoms with E-state index >= 15 is 0 Å². The summed E-state index contributed by atoms with van der Waals surface area (Å²) in [6, 6.07) is 7.44. The number of β-amino-alcohol motifs (C(OH)–C–C–N with tert-alkyl or cyclic N) is 1. The predicted octanol–water partition coefficient (Wildman–Crippen LogP) is 0.552. The third-order valence-electron chi connectivity index (χ3n) is 4.64. The number of nitrogens with one attached hydrogen (secondary N) is 2. The van der Waals surface area contributed by atoms with E-state index in [1.54, 1.807) is 0 Å². The summed E-state index contributed by atoms with van der Waals surface area (Å²) in [4.78, 5) is 14.6. The third-order valence-corrected chi connectivity index (χ3v) is 4.99. The first-order chi connectivity index (χ1) is 11.6. The van der Waals surface area contributed by atoms with Crippen molar-refractivity contribution in [3.05, 3.63) is 34.9 Å². The number of morpholine rings is 1. The standard InChI is InChI=1S/C17H24ClN3O3/c18-14-4-2-1-3-13(14)16(21-5-7-24-8-6-21)11-20-17(23)15-9-12(22)10-19-15/h1-4,12,15-16,19,22H,5-11H2,(H,20,23)/t12-,15+,16+/m0/s1. The molecule has 3 atom stereocenters. The molecule has 0 bridgehead atoms. The number of ether oxygens (including phenoxy) is 1. The van der Waals surface area contributed by atoms with E-state index in [0.29, 0.717) is 37.7 Å². The second-order valence-electron chi connectivity index (χ2n) is 6.28. The largest absolute Gasteiger partial charge is 0.392 e. The lowest BCUT2D eigenvalue weighted by atomic mass is 10.0. The Morgan fingerprint density at radius 3 is 2.83 bits per heavy atom. The van der Waals surface area contributed by atoms with Crippen LogP contribution < -0.4 is 10.6 Å². The van der Waals surface area contributed by atoms with Gasteiger partial charge in [0.1, 0.15) is 0 Å².